The van der Waals surface area contributed by atoms with E-state index in [2.05, 4.69) is 31.1 Å². The Hall–Kier alpha value is -1.86. The largest absolute Gasteiger partial charge is 0.431 e. The van der Waals surface area contributed by atoms with Gasteiger partial charge < -0.3 is 24.6 Å². The maximum Gasteiger partial charge on any atom is 0.335 e. The molecule has 0 bridgehead atoms. The zero-order valence-corrected chi connectivity index (χ0v) is 22.9. The number of nitrogens with one attached hydrogen (secondary N) is 1. The third-order valence-electron chi connectivity index (χ3n) is 12.1. The van der Waals surface area contributed by atoms with Crippen LogP contribution in [0, 0.1) is 28.6 Å². The highest BCUT2D eigenvalue weighted by atomic mass is 16.4. The van der Waals surface area contributed by atoms with Crippen molar-refractivity contribution in [2.24, 2.45) is 28.6 Å². The minimum atomic E-state index is -0.669. The van der Waals surface area contributed by atoms with Crippen LogP contribution in [-0.2, 0) is 0 Å². The molecule has 7 heteroatoms. The molecule has 4 aliphatic carbocycles. The highest BCUT2D eigenvalue weighted by Crippen LogP contribution is 2.70. The predicted octanol–water partition coefficient (Wildman–Crippen LogP) is 4.21. The Balaban J connectivity index is 1.15. The predicted molar refractivity (Wildman–Crippen MR) is 142 cm³/mol. The van der Waals surface area contributed by atoms with Gasteiger partial charge in [-0.2, -0.15) is 0 Å². The molecule has 2 amide bonds. The first-order chi connectivity index (χ1) is 17.6. The summed E-state index contributed by atoms with van der Waals surface area (Å²) in [5.41, 5.74) is 0.120. The van der Waals surface area contributed by atoms with Crippen molar-refractivity contribution < 1.29 is 14.3 Å². The maximum atomic E-state index is 12.9. The standard InChI is InChI=1S/C30H45N3O4/c1-28-11-8-22(31-27(35)33-16-14-32(3)15-17-33)18-21(28)5-6-25-24(28)9-12-29(2)23(10-13-30(25,29)36)20-4-7-26(34)37-19-20/h4,7,19,21-25,36H,5-6,8-18H2,1-3H3,(H,31,35)/t21-,22+,23-,24+,25-,28?,29?,30+/m1/s1. The third kappa shape index (κ3) is 3.98. The summed E-state index contributed by atoms with van der Waals surface area (Å²) in [5, 5.41) is 15.8. The first-order valence-electron chi connectivity index (χ1n) is 14.7. The molecule has 1 aromatic heterocycles. The first kappa shape index (κ1) is 25.4. The summed E-state index contributed by atoms with van der Waals surface area (Å²) in [5.74, 6) is 1.69. The Morgan fingerprint density at radius 2 is 1.78 bits per heavy atom. The molecule has 6 rings (SSSR count). The van der Waals surface area contributed by atoms with Crippen molar-refractivity contribution in [3.63, 3.8) is 0 Å². The third-order valence-corrected chi connectivity index (χ3v) is 12.1. The number of piperazine rings is 1. The Bertz CT molecular complexity index is 1060. The van der Waals surface area contributed by atoms with Crippen LogP contribution in [0.1, 0.15) is 83.1 Å². The summed E-state index contributed by atoms with van der Waals surface area (Å²) in [7, 11) is 2.12. The van der Waals surface area contributed by atoms with Gasteiger partial charge in [-0.1, -0.05) is 13.8 Å². The highest BCUT2D eigenvalue weighted by Gasteiger charge is 2.67. The van der Waals surface area contributed by atoms with Crippen LogP contribution in [0.3, 0.4) is 0 Å². The fourth-order valence-corrected chi connectivity index (χ4v) is 9.73. The normalized spacial score (nSPS) is 44.0. The molecule has 8 atom stereocenters. The Morgan fingerprint density at radius 3 is 2.51 bits per heavy atom. The van der Waals surface area contributed by atoms with Gasteiger partial charge in [0.15, 0.2) is 0 Å². The molecule has 7 nitrogen and oxygen atoms in total. The van der Waals surface area contributed by atoms with Gasteiger partial charge in [-0.3, -0.25) is 0 Å². The average Bonchev–Trinajstić information content (AvgIpc) is 3.16. The number of amides is 2. The Labute approximate surface area is 221 Å². The van der Waals surface area contributed by atoms with Crippen LogP contribution < -0.4 is 10.9 Å². The van der Waals surface area contributed by atoms with Crippen LogP contribution in [0.15, 0.2) is 27.6 Å². The summed E-state index contributed by atoms with van der Waals surface area (Å²) in [6.45, 7) is 8.32. The number of hydrogen-bond acceptors (Lipinski definition) is 5. The van der Waals surface area contributed by atoms with Gasteiger partial charge in [0, 0.05) is 43.7 Å². The van der Waals surface area contributed by atoms with Crippen LogP contribution in [0.5, 0.6) is 0 Å². The number of urea groups is 1. The second kappa shape index (κ2) is 9.11. The van der Waals surface area contributed by atoms with Gasteiger partial charge >= 0.3 is 11.7 Å². The molecule has 1 aliphatic heterocycles. The van der Waals surface area contributed by atoms with Crippen molar-refractivity contribution in [1.29, 1.82) is 0 Å². The van der Waals surface area contributed by atoms with E-state index in [0.29, 0.717) is 17.8 Å². The molecule has 2 N–H and O–H groups in total. The fraction of sp³-hybridized carbons (Fsp3) is 0.800. The molecule has 0 aromatic carbocycles. The van der Waals surface area contributed by atoms with Gasteiger partial charge in [-0.05, 0) is 106 Å². The number of hydrogen-bond donors (Lipinski definition) is 2. The molecule has 37 heavy (non-hydrogen) atoms. The molecule has 0 spiro atoms. The molecule has 5 aliphatic rings. The molecule has 4 saturated carbocycles. The van der Waals surface area contributed by atoms with Crippen LogP contribution in [0.4, 0.5) is 4.79 Å². The first-order valence-corrected chi connectivity index (χ1v) is 14.7. The number of rotatable bonds is 2. The smallest absolute Gasteiger partial charge is 0.335 e. The summed E-state index contributed by atoms with van der Waals surface area (Å²) in [6.07, 6.45) is 11.0. The topological polar surface area (TPSA) is 86.0 Å². The van der Waals surface area contributed by atoms with E-state index < -0.39 is 5.60 Å². The van der Waals surface area contributed by atoms with Gasteiger partial charge in [0.25, 0.3) is 0 Å². The highest BCUT2D eigenvalue weighted by molar-refractivity contribution is 5.74. The number of nitrogens with zero attached hydrogens (tertiary/aromatic N) is 2. The summed E-state index contributed by atoms with van der Waals surface area (Å²) >= 11 is 0. The van der Waals surface area contributed by atoms with E-state index in [1.807, 2.05) is 11.0 Å². The molecule has 2 heterocycles. The van der Waals surface area contributed by atoms with Gasteiger partial charge in [0.2, 0.25) is 0 Å². The van der Waals surface area contributed by atoms with E-state index in [-0.39, 0.29) is 34.4 Å². The van der Waals surface area contributed by atoms with Crippen molar-refractivity contribution in [2.45, 2.75) is 89.2 Å². The lowest BCUT2D eigenvalue weighted by Crippen LogP contribution is -2.62. The quantitative estimate of drug-likeness (QED) is 0.621. The van der Waals surface area contributed by atoms with E-state index in [4.69, 9.17) is 4.42 Å². The van der Waals surface area contributed by atoms with Gasteiger partial charge in [0.1, 0.15) is 0 Å². The number of aliphatic hydroxyl groups is 1. The maximum absolute atomic E-state index is 12.9. The lowest BCUT2D eigenvalue weighted by molar-refractivity contribution is -0.201. The zero-order chi connectivity index (χ0) is 26.0. The fourth-order valence-electron chi connectivity index (χ4n) is 9.73. The van der Waals surface area contributed by atoms with Crippen LogP contribution in [0.2, 0.25) is 0 Å². The molecule has 5 fully saturated rings. The van der Waals surface area contributed by atoms with E-state index in [0.717, 1.165) is 89.5 Å². The molecule has 204 valence electrons. The summed E-state index contributed by atoms with van der Waals surface area (Å²) in [6, 6.07) is 3.82. The van der Waals surface area contributed by atoms with Crippen molar-refractivity contribution in [3.8, 4) is 0 Å². The number of fused-ring (bicyclic) bond motifs is 5. The molecule has 1 saturated heterocycles. The molecule has 2 unspecified atom stereocenters. The van der Waals surface area contributed by atoms with Crippen LogP contribution in [0.25, 0.3) is 0 Å². The second-order valence-corrected chi connectivity index (χ2v) is 13.6. The molecular weight excluding hydrogens is 466 g/mol. The average molecular weight is 512 g/mol. The van der Waals surface area contributed by atoms with Crippen molar-refractivity contribution >= 4 is 6.03 Å². The van der Waals surface area contributed by atoms with E-state index in [1.165, 1.54) is 6.07 Å². The summed E-state index contributed by atoms with van der Waals surface area (Å²) in [4.78, 5) is 28.8. The monoisotopic (exact) mass is 511 g/mol. The van der Waals surface area contributed by atoms with Gasteiger partial charge in [-0.15, -0.1) is 0 Å². The minimum Gasteiger partial charge on any atom is -0.431 e. The molecular formula is C30H45N3O4. The van der Waals surface area contributed by atoms with Gasteiger partial charge in [-0.25, -0.2) is 9.59 Å². The summed E-state index contributed by atoms with van der Waals surface area (Å²) < 4.78 is 5.23. The molecule has 0 radical (unpaired) electrons. The Kier molecular flexibility index (Phi) is 6.26. The van der Waals surface area contributed by atoms with Crippen molar-refractivity contribution in [1.82, 2.24) is 15.1 Å². The number of carbonyl (C=O) groups excluding carboxylic acids is 1. The number of likely N-dealkylation sites (N-methyl/N-ethyl adjacent to an activating group) is 1. The van der Waals surface area contributed by atoms with Gasteiger partial charge in [0.05, 0.1) is 11.9 Å². The minimum absolute atomic E-state index is 0.117. The van der Waals surface area contributed by atoms with E-state index in [1.54, 1.807) is 6.26 Å². The Morgan fingerprint density at radius 1 is 1.00 bits per heavy atom. The SMILES string of the molecule is CN1CCN(C(=O)N[C@H]2CCC3(C)[C@H](CC[C@@H]4[C@@H]3CCC3(C)[C@@H](c5ccc(=O)oc5)CC[C@]43O)C2)CC1. The van der Waals surface area contributed by atoms with E-state index >= 15 is 0 Å². The van der Waals surface area contributed by atoms with Crippen molar-refractivity contribution in [3.05, 3.63) is 34.4 Å². The lowest BCUT2D eigenvalue weighted by atomic mass is 9.43. The molecule has 1 aromatic rings. The lowest BCUT2D eigenvalue weighted by Gasteiger charge is -2.63. The number of carbonyl (C=O) groups is 1. The van der Waals surface area contributed by atoms with Crippen LogP contribution >= 0.6 is 0 Å². The van der Waals surface area contributed by atoms with Crippen molar-refractivity contribution in [2.75, 3.05) is 33.2 Å². The van der Waals surface area contributed by atoms with Crippen LogP contribution in [-0.4, -0.2) is 65.8 Å². The second-order valence-electron chi connectivity index (χ2n) is 13.6. The van der Waals surface area contributed by atoms with E-state index in [9.17, 15) is 14.7 Å². The zero-order valence-electron chi connectivity index (χ0n) is 22.9.